The van der Waals surface area contributed by atoms with Gasteiger partial charge in [-0.3, -0.25) is 14.9 Å². The molecule has 5 nitrogen and oxygen atoms in total. The molecule has 4 rings (SSSR count). The molecule has 1 amide bonds. The number of carbonyl (C=O) groups excluding carboxylic acids is 1. The Morgan fingerprint density at radius 3 is 2.71 bits per heavy atom. The maximum Gasteiger partial charge on any atom is 0.263 e. The predicted molar refractivity (Wildman–Crippen MR) is 113 cm³/mol. The van der Waals surface area contributed by atoms with E-state index in [1.165, 1.54) is 35.5 Å². The summed E-state index contributed by atoms with van der Waals surface area (Å²) in [5, 5.41) is 3.40. The predicted octanol–water partition coefficient (Wildman–Crippen LogP) is 4.72. The molecule has 0 saturated heterocycles. The molecule has 3 aromatic rings. The normalized spacial score (nSPS) is 14.0. The molecular weight excluding hydrogens is 370 g/mol. The first-order valence-corrected chi connectivity index (χ1v) is 10.5. The van der Waals surface area contributed by atoms with E-state index >= 15 is 0 Å². The van der Waals surface area contributed by atoms with Gasteiger partial charge in [-0.1, -0.05) is 36.6 Å². The molecule has 144 valence electrons. The van der Waals surface area contributed by atoms with Crippen LogP contribution in [0.2, 0.25) is 0 Å². The van der Waals surface area contributed by atoms with Crippen LogP contribution in [0.25, 0.3) is 11.3 Å². The highest BCUT2D eigenvalue weighted by Crippen LogP contribution is 2.28. The van der Waals surface area contributed by atoms with Crippen LogP contribution >= 0.6 is 11.3 Å². The van der Waals surface area contributed by atoms with Gasteiger partial charge in [0.2, 0.25) is 0 Å². The number of hydrogen-bond acceptors (Lipinski definition) is 4. The third kappa shape index (κ3) is 4.07. The van der Waals surface area contributed by atoms with Crippen LogP contribution in [0.1, 0.15) is 52.2 Å². The quantitative estimate of drug-likeness (QED) is 0.676. The van der Waals surface area contributed by atoms with Crippen LogP contribution in [-0.2, 0) is 12.8 Å². The summed E-state index contributed by atoms with van der Waals surface area (Å²) in [5.74, 6) is -0.418. The molecule has 0 saturated carbocycles. The highest BCUT2D eigenvalue weighted by molar-refractivity contribution is 7.15. The van der Waals surface area contributed by atoms with E-state index in [0.717, 1.165) is 36.1 Å². The summed E-state index contributed by atoms with van der Waals surface area (Å²) in [7, 11) is 0. The Kier molecular flexibility index (Phi) is 5.39. The maximum atomic E-state index is 12.6. The van der Waals surface area contributed by atoms with E-state index in [2.05, 4.69) is 15.3 Å². The van der Waals surface area contributed by atoms with Crippen molar-refractivity contribution in [2.45, 2.75) is 45.4 Å². The van der Waals surface area contributed by atoms with E-state index in [9.17, 15) is 9.59 Å². The Morgan fingerprint density at radius 1 is 1.11 bits per heavy atom. The zero-order valence-electron chi connectivity index (χ0n) is 15.9. The summed E-state index contributed by atoms with van der Waals surface area (Å²) in [6.07, 6.45) is 6.79. The number of amides is 1. The SMILES string of the molecule is Cc1cccc(-c2ccc(C(=O)Nc3nc4c(s3)CCCCCC4)c(=O)[nH]2)c1. The number of carbonyl (C=O) groups is 1. The number of benzene rings is 1. The number of nitrogens with zero attached hydrogens (tertiary/aromatic N) is 1. The van der Waals surface area contributed by atoms with Gasteiger partial charge in [0.1, 0.15) is 5.56 Å². The van der Waals surface area contributed by atoms with Gasteiger partial charge >= 0.3 is 0 Å². The molecular formula is C22H23N3O2S. The minimum atomic E-state index is -0.418. The molecule has 6 heteroatoms. The third-order valence-electron chi connectivity index (χ3n) is 5.05. The standard InChI is InChI=1S/C22H23N3O2S/c1-14-7-6-8-15(13-14)17-12-11-16(20(26)23-17)21(27)25-22-24-18-9-4-2-3-5-10-19(18)28-22/h6-8,11-13H,2-5,9-10H2,1H3,(H,23,26)(H,24,25,27). The van der Waals surface area contributed by atoms with Gasteiger partial charge in [-0.25, -0.2) is 4.98 Å². The van der Waals surface area contributed by atoms with Crippen molar-refractivity contribution in [1.82, 2.24) is 9.97 Å². The topological polar surface area (TPSA) is 74.8 Å². The van der Waals surface area contributed by atoms with Gasteiger partial charge in [-0.05, 0) is 56.4 Å². The molecule has 2 heterocycles. The van der Waals surface area contributed by atoms with E-state index in [0.29, 0.717) is 10.8 Å². The Balaban J connectivity index is 1.54. The fourth-order valence-corrected chi connectivity index (χ4v) is 4.60. The largest absolute Gasteiger partial charge is 0.321 e. The molecule has 1 aliphatic carbocycles. The van der Waals surface area contributed by atoms with Gasteiger partial charge in [-0.15, -0.1) is 11.3 Å². The Bertz CT molecular complexity index is 1040. The highest BCUT2D eigenvalue weighted by atomic mass is 32.1. The van der Waals surface area contributed by atoms with Gasteiger partial charge in [0.15, 0.2) is 5.13 Å². The molecule has 0 fully saturated rings. The lowest BCUT2D eigenvalue weighted by molar-refractivity contribution is 0.102. The lowest BCUT2D eigenvalue weighted by Gasteiger charge is -2.06. The summed E-state index contributed by atoms with van der Waals surface area (Å²) in [4.78, 5) is 33.8. The number of thiazole rings is 1. The Hall–Kier alpha value is -2.73. The average molecular weight is 394 g/mol. The van der Waals surface area contributed by atoms with Gasteiger partial charge in [0.05, 0.1) is 5.69 Å². The molecule has 0 radical (unpaired) electrons. The molecule has 28 heavy (non-hydrogen) atoms. The number of pyridine rings is 1. The van der Waals surface area contributed by atoms with E-state index in [1.807, 2.05) is 31.2 Å². The minimum absolute atomic E-state index is 0.0963. The fourth-order valence-electron chi connectivity index (χ4n) is 3.56. The minimum Gasteiger partial charge on any atom is -0.321 e. The van der Waals surface area contributed by atoms with Crippen LogP contribution in [0.15, 0.2) is 41.2 Å². The van der Waals surface area contributed by atoms with Crippen LogP contribution < -0.4 is 10.9 Å². The van der Waals surface area contributed by atoms with Gasteiger partial charge in [0.25, 0.3) is 11.5 Å². The first kappa shape index (κ1) is 18.6. The van der Waals surface area contributed by atoms with E-state index in [4.69, 9.17) is 0 Å². The summed E-state index contributed by atoms with van der Waals surface area (Å²) in [6.45, 7) is 2.00. The van der Waals surface area contributed by atoms with Gasteiger partial charge < -0.3 is 4.98 Å². The second-order valence-corrected chi connectivity index (χ2v) is 8.33. The van der Waals surface area contributed by atoms with E-state index < -0.39 is 11.5 Å². The van der Waals surface area contributed by atoms with Crippen LogP contribution in [-0.4, -0.2) is 15.9 Å². The Labute approximate surface area is 167 Å². The van der Waals surface area contributed by atoms with E-state index in [-0.39, 0.29) is 5.56 Å². The van der Waals surface area contributed by atoms with Crippen LogP contribution in [0.5, 0.6) is 0 Å². The number of nitrogens with one attached hydrogen (secondary N) is 2. The lowest BCUT2D eigenvalue weighted by Crippen LogP contribution is -2.23. The number of anilines is 1. The molecule has 1 aromatic carbocycles. The second kappa shape index (κ2) is 8.10. The molecule has 0 bridgehead atoms. The number of aromatic nitrogens is 2. The average Bonchev–Trinajstić information content (AvgIpc) is 3.02. The van der Waals surface area contributed by atoms with Gasteiger partial charge in [-0.2, -0.15) is 0 Å². The first-order valence-electron chi connectivity index (χ1n) is 9.70. The summed E-state index contributed by atoms with van der Waals surface area (Å²) < 4.78 is 0. The lowest BCUT2D eigenvalue weighted by atomic mass is 10.0. The van der Waals surface area contributed by atoms with Crippen molar-refractivity contribution in [2.75, 3.05) is 5.32 Å². The first-order chi connectivity index (χ1) is 13.6. The van der Waals surface area contributed by atoms with Crippen molar-refractivity contribution in [3.05, 3.63) is 68.4 Å². The van der Waals surface area contributed by atoms with Crippen molar-refractivity contribution >= 4 is 22.4 Å². The summed E-state index contributed by atoms with van der Waals surface area (Å²) in [5.41, 5.74) is 3.53. The third-order valence-corrected chi connectivity index (χ3v) is 6.12. The molecule has 2 aromatic heterocycles. The van der Waals surface area contributed by atoms with Crippen molar-refractivity contribution in [1.29, 1.82) is 0 Å². The second-order valence-electron chi connectivity index (χ2n) is 7.24. The number of H-pyrrole nitrogens is 1. The molecule has 2 N–H and O–H groups in total. The van der Waals surface area contributed by atoms with Crippen molar-refractivity contribution in [3.63, 3.8) is 0 Å². The highest BCUT2D eigenvalue weighted by Gasteiger charge is 2.17. The number of fused-ring (bicyclic) bond motifs is 1. The zero-order valence-corrected chi connectivity index (χ0v) is 16.7. The van der Waals surface area contributed by atoms with E-state index in [1.54, 1.807) is 12.1 Å². The van der Waals surface area contributed by atoms with Crippen molar-refractivity contribution < 1.29 is 4.79 Å². The number of aromatic amines is 1. The Morgan fingerprint density at radius 2 is 1.93 bits per heavy atom. The molecule has 0 spiro atoms. The van der Waals surface area contributed by atoms with Gasteiger partial charge in [0, 0.05) is 10.6 Å². The van der Waals surface area contributed by atoms with Crippen LogP contribution in [0, 0.1) is 6.92 Å². The molecule has 0 aliphatic heterocycles. The number of aryl methyl sites for hydroxylation is 3. The van der Waals surface area contributed by atoms with Crippen molar-refractivity contribution in [2.24, 2.45) is 0 Å². The smallest absolute Gasteiger partial charge is 0.263 e. The molecule has 0 unspecified atom stereocenters. The fraction of sp³-hybridized carbons (Fsp3) is 0.318. The summed E-state index contributed by atoms with van der Waals surface area (Å²) in [6, 6.07) is 11.2. The molecule has 1 aliphatic rings. The zero-order chi connectivity index (χ0) is 19.5. The number of hydrogen-bond donors (Lipinski definition) is 2. The van der Waals surface area contributed by atoms with Crippen LogP contribution in [0.4, 0.5) is 5.13 Å². The van der Waals surface area contributed by atoms with Crippen molar-refractivity contribution in [3.8, 4) is 11.3 Å². The number of rotatable bonds is 3. The van der Waals surface area contributed by atoms with Crippen LogP contribution in [0.3, 0.4) is 0 Å². The maximum absolute atomic E-state index is 12.6. The summed E-state index contributed by atoms with van der Waals surface area (Å²) >= 11 is 1.53. The molecule has 0 atom stereocenters. The monoisotopic (exact) mass is 393 g/mol.